The minimum Gasteiger partial charge on any atom is -0.465 e. The second kappa shape index (κ2) is 5.20. The highest BCUT2D eigenvalue weighted by molar-refractivity contribution is 5.91. The molecule has 0 unspecified atom stereocenters. The predicted molar refractivity (Wildman–Crippen MR) is 65.5 cm³/mol. The lowest BCUT2D eigenvalue weighted by atomic mass is 10.2. The van der Waals surface area contributed by atoms with E-state index in [4.69, 9.17) is 5.11 Å². The molecule has 0 heterocycles. The summed E-state index contributed by atoms with van der Waals surface area (Å²) in [7, 11) is 3.26. The molecule has 1 rings (SSSR count). The number of carboxylic acid groups (broad SMARTS) is 1. The first kappa shape index (κ1) is 12.8. The topological polar surface area (TPSA) is 81.7 Å². The maximum Gasteiger partial charge on any atom is 0.409 e. The van der Waals surface area contributed by atoms with Crippen molar-refractivity contribution in [1.82, 2.24) is 4.90 Å². The van der Waals surface area contributed by atoms with Crippen molar-refractivity contribution in [1.29, 1.82) is 0 Å². The second-order valence-electron chi connectivity index (χ2n) is 3.78. The molecular weight excluding hydrogens is 222 g/mol. The Balaban J connectivity index is 2.90. The molecule has 0 bridgehead atoms. The summed E-state index contributed by atoms with van der Waals surface area (Å²) >= 11 is 0. The first-order valence-corrected chi connectivity index (χ1v) is 4.99. The van der Waals surface area contributed by atoms with Crippen LogP contribution in [0.4, 0.5) is 21.0 Å². The number of hydrogen-bond donors (Lipinski definition) is 3. The molecule has 6 nitrogen and oxygen atoms in total. The van der Waals surface area contributed by atoms with Crippen LogP contribution in [0.1, 0.15) is 5.56 Å². The fourth-order valence-corrected chi connectivity index (χ4v) is 1.18. The summed E-state index contributed by atoms with van der Waals surface area (Å²) in [6.45, 7) is 1.83. The highest BCUT2D eigenvalue weighted by Gasteiger charge is 2.07. The van der Waals surface area contributed by atoms with E-state index in [-0.39, 0.29) is 6.03 Å². The first-order chi connectivity index (χ1) is 7.90. The highest BCUT2D eigenvalue weighted by Crippen LogP contribution is 2.20. The molecule has 0 saturated heterocycles. The zero-order valence-corrected chi connectivity index (χ0v) is 9.94. The van der Waals surface area contributed by atoms with Crippen LogP contribution >= 0.6 is 0 Å². The van der Waals surface area contributed by atoms with E-state index in [2.05, 4.69) is 10.6 Å². The lowest BCUT2D eigenvalue weighted by Gasteiger charge is -2.14. The molecule has 0 aromatic heterocycles. The van der Waals surface area contributed by atoms with E-state index >= 15 is 0 Å². The molecule has 92 valence electrons. The van der Waals surface area contributed by atoms with Gasteiger partial charge < -0.3 is 15.3 Å². The summed E-state index contributed by atoms with van der Waals surface area (Å²) in [6, 6.07) is 4.68. The van der Waals surface area contributed by atoms with Crippen molar-refractivity contribution in [2.24, 2.45) is 0 Å². The Morgan fingerprint density at radius 2 is 1.88 bits per heavy atom. The quantitative estimate of drug-likeness (QED) is 0.737. The fraction of sp³-hybridized carbons (Fsp3) is 0.273. The maximum absolute atomic E-state index is 11.5. The van der Waals surface area contributed by atoms with Gasteiger partial charge in [0.15, 0.2) is 0 Å². The molecule has 0 radical (unpaired) electrons. The Kier molecular flexibility index (Phi) is 3.92. The van der Waals surface area contributed by atoms with Gasteiger partial charge >= 0.3 is 12.1 Å². The van der Waals surface area contributed by atoms with E-state index in [1.807, 2.05) is 6.92 Å². The molecule has 0 saturated carbocycles. The van der Waals surface area contributed by atoms with Crippen molar-refractivity contribution in [2.75, 3.05) is 24.7 Å². The fourth-order valence-electron chi connectivity index (χ4n) is 1.18. The molecule has 1 aromatic rings. The molecule has 6 heteroatoms. The summed E-state index contributed by atoms with van der Waals surface area (Å²) in [5.41, 5.74) is 1.85. The zero-order chi connectivity index (χ0) is 13.0. The third kappa shape index (κ3) is 3.67. The maximum atomic E-state index is 11.5. The predicted octanol–water partition coefficient (Wildman–Crippen LogP) is 2.18. The molecule has 0 aliphatic rings. The molecular formula is C11H15N3O3. The number of anilines is 2. The van der Waals surface area contributed by atoms with Crippen molar-refractivity contribution in [2.45, 2.75) is 6.92 Å². The molecule has 1 aromatic carbocycles. The van der Waals surface area contributed by atoms with Crippen LogP contribution in [-0.2, 0) is 0 Å². The summed E-state index contributed by atoms with van der Waals surface area (Å²) in [5.74, 6) is 0. The Labute approximate surface area is 99.2 Å². The normalized spacial score (nSPS) is 9.59. The molecule has 0 atom stereocenters. The number of nitrogens with zero attached hydrogens (tertiary/aromatic N) is 1. The van der Waals surface area contributed by atoms with Crippen LogP contribution in [0.25, 0.3) is 0 Å². The molecule has 3 N–H and O–H groups in total. The average Bonchev–Trinajstić information content (AvgIpc) is 2.22. The van der Waals surface area contributed by atoms with Crippen LogP contribution in [0, 0.1) is 6.92 Å². The highest BCUT2D eigenvalue weighted by atomic mass is 16.4. The first-order valence-electron chi connectivity index (χ1n) is 4.99. The number of urea groups is 1. The minimum atomic E-state index is -1.14. The van der Waals surface area contributed by atoms with E-state index < -0.39 is 6.09 Å². The van der Waals surface area contributed by atoms with Gasteiger partial charge in [-0.25, -0.2) is 9.59 Å². The van der Waals surface area contributed by atoms with Crippen LogP contribution in [-0.4, -0.2) is 36.2 Å². The SMILES string of the molecule is Cc1ccc(NC(=O)O)cc1NC(=O)N(C)C. The van der Waals surface area contributed by atoms with Crippen LogP contribution < -0.4 is 10.6 Å². The largest absolute Gasteiger partial charge is 0.465 e. The minimum absolute atomic E-state index is 0.263. The Morgan fingerprint density at radius 3 is 2.41 bits per heavy atom. The standard InChI is InChI=1S/C11H15N3O3/c1-7-4-5-8(12-11(16)17)6-9(7)13-10(15)14(2)3/h4-6,12H,1-3H3,(H,13,15)(H,16,17). The number of amides is 3. The zero-order valence-electron chi connectivity index (χ0n) is 9.94. The van der Waals surface area contributed by atoms with Gasteiger partial charge in [-0.15, -0.1) is 0 Å². The summed E-state index contributed by atoms with van der Waals surface area (Å²) in [4.78, 5) is 23.4. The summed E-state index contributed by atoms with van der Waals surface area (Å²) < 4.78 is 0. The molecule has 3 amide bonds. The van der Waals surface area contributed by atoms with Crippen LogP contribution in [0.2, 0.25) is 0 Å². The number of carbonyl (C=O) groups is 2. The summed E-state index contributed by atoms with van der Waals surface area (Å²) in [6.07, 6.45) is -1.14. The molecule has 0 spiro atoms. The van der Waals surface area contributed by atoms with Crippen molar-refractivity contribution < 1.29 is 14.7 Å². The van der Waals surface area contributed by atoms with Gasteiger partial charge in [0.1, 0.15) is 0 Å². The van der Waals surface area contributed by atoms with Gasteiger partial charge in [0, 0.05) is 25.5 Å². The average molecular weight is 237 g/mol. The third-order valence-electron chi connectivity index (χ3n) is 2.14. The second-order valence-corrected chi connectivity index (χ2v) is 3.78. The lowest BCUT2D eigenvalue weighted by Crippen LogP contribution is -2.27. The van der Waals surface area contributed by atoms with Crippen molar-refractivity contribution in [3.63, 3.8) is 0 Å². The van der Waals surface area contributed by atoms with Crippen molar-refractivity contribution in [3.8, 4) is 0 Å². The number of benzene rings is 1. The van der Waals surface area contributed by atoms with Crippen LogP contribution in [0.3, 0.4) is 0 Å². The van der Waals surface area contributed by atoms with E-state index in [9.17, 15) is 9.59 Å². The van der Waals surface area contributed by atoms with Gasteiger partial charge in [-0.3, -0.25) is 5.32 Å². The molecule has 0 aliphatic heterocycles. The Morgan fingerprint density at radius 1 is 1.24 bits per heavy atom. The van der Waals surface area contributed by atoms with E-state index in [1.54, 1.807) is 32.3 Å². The monoisotopic (exact) mass is 237 g/mol. The van der Waals surface area contributed by atoms with Crippen molar-refractivity contribution in [3.05, 3.63) is 23.8 Å². The van der Waals surface area contributed by atoms with Crippen molar-refractivity contribution >= 4 is 23.5 Å². The van der Waals surface area contributed by atoms with Gasteiger partial charge in [-0.2, -0.15) is 0 Å². The lowest BCUT2D eigenvalue weighted by molar-refractivity contribution is 0.209. The van der Waals surface area contributed by atoms with Gasteiger partial charge in [-0.05, 0) is 24.6 Å². The van der Waals surface area contributed by atoms with Crippen LogP contribution in [0.15, 0.2) is 18.2 Å². The van der Waals surface area contributed by atoms with Gasteiger partial charge in [0.05, 0.1) is 0 Å². The Bertz CT molecular complexity index is 444. The third-order valence-corrected chi connectivity index (χ3v) is 2.14. The van der Waals surface area contributed by atoms with Gasteiger partial charge in [-0.1, -0.05) is 6.07 Å². The van der Waals surface area contributed by atoms with E-state index in [0.717, 1.165) is 5.56 Å². The van der Waals surface area contributed by atoms with Gasteiger partial charge in [0.25, 0.3) is 0 Å². The van der Waals surface area contributed by atoms with Gasteiger partial charge in [0.2, 0.25) is 0 Å². The number of hydrogen-bond acceptors (Lipinski definition) is 2. The number of aryl methyl sites for hydroxylation is 1. The molecule has 17 heavy (non-hydrogen) atoms. The smallest absolute Gasteiger partial charge is 0.409 e. The Hall–Kier alpha value is -2.24. The number of carbonyl (C=O) groups excluding carboxylic acids is 1. The molecule has 0 fully saturated rings. The number of rotatable bonds is 2. The van der Waals surface area contributed by atoms with E-state index in [1.165, 1.54) is 4.90 Å². The number of nitrogens with one attached hydrogen (secondary N) is 2. The summed E-state index contributed by atoms with van der Waals surface area (Å²) in [5, 5.41) is 13.5. The van der Waals surface area contributed by atoms with E-state index in [0.29, 0.717) is 11.4 Å². The molecule has 0 aliphatic carbocycles. The van der Waals surface area contributed by atoms with Crippen LogP contribution in [0.5, 0.6) is 0 Å².